The maximum atomic E-state index is 12.9. The Bertz CT molecular complexity index is 809. The number of aromatic nitrogens is 2. The molecule has 0 bridgehead atoms. The molecule has 3 heterocycles. The van der Waals surface area contributed by atoms with Gasteiger partial charge in [0, 0.05) is 19.6 Å². The third-order valence-electron chi connectivity index (χ3n) is 6.17. The SMILES string of the molecule is CC(C)c1ccc(-n2cc(O)c(C(=O)N3CCC4(CCNC4)CC3)n2)cc1. The smallest absolute Gasteiger partial charge is 0.278 e. The maximum Gasteiger partial charge on any atom is 0.278 e. The molecule has 144 valence electrons. The quantitative estimate of drug-likeness (QED) is 0.874. The summed E-state index contributed by atoms with van der Waals surface area (Å²) in [6, 6.07) is 8.04. The van der Waals surface area contributed by atoms with Crippen LogP contribution in [0.3, 0.4) is 0 Å². The fraction of sp³-hybridized carbons (Fsp3) is 0.524. The highest BCUT2D eigenvalue weighted by atomic mass is 16.3. The standard InChI is InChI=1S/C21H28N4O2/c1-15(2)16-3-5-17(6-4-16)25-13-18(26)19(23-25)20(27)24-11-8-21(9-12-24)7-10-22-14-21/h3-6,13,15,22,26H,7-12,14H2,1-2H3. The summed E-state index contributed by atoms with van der Waals surface area (Å²) < 4.78 is 1.58. The van der Waals surface area contributed by atoms with Gasteiger partial charge in [0.1, 0.15) is 0 Å². The Balaban J connectivity index is 1.48. The highest BCUT2D eigenvalue weighted by molar-refractivity contribution is 5.94. The molecular formula is C21H28N4O2. The summed E-state index contributed by atoms with van der Waals surface area (Å²) in [5.41, 5.74) is 2.58. The van der Waals surface area contributed by atoms with Crippen molar-refractivity contribution in [2.45, 2.75) is 39.0 Å². The Morgan fingerprint density at radius 2 is 1.89 bits per heavy atom. The van der Waals surface area contributed by atoms with Crippen LogP contribution in [-0.4, -0.2) is 51.9 Å². The minimum atomic E-state index is -0.175. The average molecular weight is 368 g/mol. The highest BCUT2D eigenvalue weighted by Gasteiger charge is 2.38. The van der Waals surface area contributed by atoms with Gasteiger partial charge in [-0.15, -0.1) is 0 Å². The fourth-order valence-corrected chi connectivity index (χ4v) is 4.22. The number of carbonyl (C=O) groups excluding carboxylic acids is 1. The van der Waals surface area contributed by atoms with Crippen molar-refractivity contribution in [3.8, 4) is 11.4 Å². The lowest BCUT2D eigenvalue weighted by Crippen LogP contribution is -2.44. The van der Waals surface area contributed by atoms with Crippen molar-refractivity contribution in [1.29, 1.82) is 0 Å². The number of likely N-dealkylation sites (tertiary alicyclic amines) is 1. The Morgan fingerprint density at radius 1 is 1.19 bits per heavy atom. The van der Waals surface area contributed by atoms with E-state index in [4.69, 9.17) is 0 Å². The molecule has 6 nitrogen and oxygen atoms in total. The molecule has 27 heavy (non-hydrogen) atoms. The molecule has 2 aliphatic rings. The van der Waals surface area contributed by atoms with Crippen molar-refractivity contribution in [1.82, 2.24) is 20.0 Å². The second-order valence-corrected chi connectivity index (χ2v) is 8.27. The molecule has 2 saturated heterocycles. The second kappa shape index (κ2) is 7.00. The van der Waals surface area contributed by atoms with Crippen LogP contribution in [0.2, 0.25) is 0 Å². The molecule has 2 aliphatic heterocycles. The zero-order valence-corrected chi connectivity index (χ0v) is 16.1. The number of rotatable bonds is 3. The van der Waals surface area contributed by atoms with Gasteiger partial charge in [-0.3, -0.25) is 4.79 Å². The molecule has 0 aliphatic carbocycles. The van der Waals surface area contributed by atoms with Gasteiger partial charge in [-0.25, -0.2) is 4.68 Å². The molecule has 1 spiro atoms. The first-order chi connectivity index (χ1) is 13.0. The van der Waals surface area contributed by atoms with Gasteiger partial charge in [-0.2, -0.15) is 5.10 Å². The normalized spacial score (nSPS) is 19.1. The first-order valence-corrected chi connectivity index (χ1v) is 9.86. The van der Waals surface area contributed by atoms with Gasteiger partial charge in [0.2, 0.25) is 0 Å². The van der Waals surface area contributed by atoms with Gasteiger partial charge in [0.05, 0.1) is 11.9 Å². The Hall–Kier alpha value is -2.34. The summed E-state index contributed by atoms with van der Waals surface area (Å²) in [5.74, 6) is 0.223. The first kappa shape index (κ1) is 18.0. The zero-order valence-electron chi connectivity index (χ0n) is 16.1. The van der Waals surface area contributed by atoms with Crippen LogP contribution in [0.5, 0.6) is 5.75 Å². The van der Waals surface area contributed by atoms with Crippen molar-refractivity contribution in [2.75, 3.05) is 26.2 Å². The van der Waals surface area contributed by atoms with Crippen LogP contribution < -0.4 is 5.32 Å². The molecule has 2 N–H and O–H groups in total. The van der Waals surface area contributed by atoms with Gasteiger partial charge >= 0.3 is 0 Å². The van der Waals surface area contributed by atoms with Gasteiger partial charge in [-0.1, -0.05) is 26.0 Å². The number of nitrogens with zero attached hydrogens (tertiary/aromatic N) is 3. The van der Waals surface area contributed by atoms with E-state index in [0.717, 1.165) is 44.7 Å². The van der Waals surface area contributed by atoms with E-state index in [0.29, 0.717) is 11.3 Å². The minimum absolute atomic E-state index is 0.0595. The number of piperidine rings is 1. The largest absolute Gasteiger partial charge is 0.504 e. The van der Waals surface area contributed by atoms with Crippen molar-refractivity contribution >= 4 is 5.91 Å². The van der Waals surface area contributed by atoms with E-state index < -0.39 is 0 Å². The van der Waals surface area contributed by atoms with E-state index >= 15 is 0 Å². The molecule has 4 rings (SSSR count). The molecule has 2 fully saturated rings. The second-order valence-electron chi connectivity index (χ2n) is 8.27. The van der Waals surface area contributed by atoms with Crippen LogP contribution >= 0.6 is 0 Å². The summed E-state index contributed by atoms with van der Waals surface area (Å²) in [5, 5.41) is 18.1. The molecule has 1 amide bonds. The molecular weight excluding hydrogens is 340 g/mol. The molecule has 6 heteroatoms. The van der Waals surface area contributed by atoms with Gasteiger partial charge in [-0.05, 0) is 54.8 Å². The van der Waals surface area contributed by atoms with E-state index in [1.165, 1.54) is 18.2 Å². The van der Waals surface area contributed by atoms with Crippen molar-refractivity contribution in [2.24, 2.45) is 5.41 Å². The van der Waals surface area contributed by atoms with E-state index in [9.17, 15) is 9.90 Å². The number of hydrogen-bond donors (Lipinski definition) is 2. The lowest BCUT2D eigenvalue weighted by atomic mass is 9.78. The number of aromatic hydroxyl groups is 1. The Labute approximate surface area is 160 Å². The van der Waals surface area contributed by atoms with Crippen LogP contribution in [0, 0.1) is 5.41 Å². The summed E-state index contributed by atoms with van der Waals surface area (Å²) >= 11 is 0. The lowest BCUT2D eigenvalue weighted by molar-refractivity contribution is 0.0598. The third kappa shape index (κ3) is 3.46. The number of carbonyl (C=O) groups is 1. The van der Waals surface area contributed by atoms with Gasteiger partial charge < -0.3 is 15.3 Å². The van der Waals surface area contributed by atoms with E-state index in [1.807, 2.05) is 17.0 Å². The van der Waals surface area contributed by atoms with Crippen molar-refractivity contribution < 1.29 is 9.90 Å². The zero-order chi connectivity index (χ0) is 19.0. The van der Waals surface area contributed by atoms with Crippen LogP contribution in [-0.2, 0) is 0 Å². The number of hydrogen-bond acceptors (Lipinski definition) is 4. The van der Waals surface area contributed by atoms with Crippen LogP contribution in [0.4, 0.5) is 0 Å². The lowest BCUT2D eigenvalue weighted by Gasteiger charge is -2.38. The van der Waals surface area contributed by atoms with E-state index in [2.05, 4.69) is 36.4 Å². The van der Waals surface area contributed by atoms with Crippen molar-refractivity contribution in [3.05, 3.63) is 41.7 Å². The molecule has 2 aromatic rings. The third-order valence-corrected chi connectivity index (χ3v) is 6.17. The predicted molar refractivity (Wildman–Crippen MR) is 104 cm³/mol. The minimum Gasteiger partial charge on any atom is -0.504 e. The van der Waals surface area contributed by atoms with E-state index in [1.54, 1.807) is 4.68 Å². The molecule has 0 atom stereocenters. The molecule has 1 aromatic carbocycles. The summed E-state index contributed by atoms with van der Waals surface area (Å²) in [6.45, 7) is 7.90. The fourth-order valence-electron chi connectivity index (χ4n) is 4.22. The highest BCUT2D eigenvalue weighted by Crippen LogP contribution is 2.37. The number of benzene rings is 1. The molecule has 0 radical (unpaired) electrons. The summed E-state index contributed by atoms with van der Waals surface area (Å²) in [7, 11) is 0. The van der Waals surface area contributed by atoms with Crippen molar-refractivity contribution in [3.63, 3.8) is 0 Å². The summed E-state index contributed by atoms with van der Waals surface area (Å²) in [6.07, 6.45) is 4.75. The van der Waals surface area contributed by atoms with E-state index in [-0.39, 0.29) is 17.4 Å². The number of nitrogens with one attached hydrogen (secondary N) is 1. The maximum absolute atomic E-state index is 12.9. The predicted octanol–water partition coefficient (Wildman–Crippen LogP) is 2.92. The van der Waals surface area contributed by atoms with Crippen LogP contribution in [0.1, 0.15) is 55.1 Å². The topological polar surface area (TPSA) is 70.4 Å². The molecule has 1 aromatic heterocycles. The van der Waals surface area contributed by atoms with Crippen LogP contribution in [0.25, 0.3) is 5.69 Å². The number of amides is 1. The Morgan fingerprint density at radius 3 is 2.48 bits per heavy atom. The van der Waals surface area contributed by atoms with Gasteiger partial charge in [0.25, 0.3) is 5.91 Å². The van der Waals surface area contributed by atoms with Gasteiger partial charge in [0.15, 0.2) is 11.4 Å². The van der Waals surface area contributed by atoms with Crippen LogP contribution in [0.15, 0.2) is 30.5 Å². The monoisotopic (exact) mass is 368 g/mol. The molecule has 0 unspecified atom stereocenters. The average Bonchev–Trinajstić information content (AvgIpc) is 3.29. The first-order valence-electron chi connectivity index (χ1n) is 9.86. The Kier molecular flexibility index (Phi) is 4.68. The summed E-state index contributed by atoms with van der Waals surface area (Å²) in [4.78, 5) is 14.7. The molecule has 0 saturated carbocycles.